The average molecular weight is 367 g/mol. The number of carbonyl (C=O) groups excluding carboxylic acids is 2. The van der Waals surface area contributed by atoms with Crippen LogP contribution in [-0.2, 0) is 4.79 Å². The van der Waals surface area contributed by atoms with Crippen LogP contribution in [0.1, 0.15) is 17.3 Å². The Kier molecular flexibility index (Phi) is 5.66. The van der Waals surface area contributed by atoms with Crippen molar-refractivity contribution in [2.24, 2.45) is 0 Å². The Hall–Kier alpha value is -3.00. The Morgan fingerprint density at radius 3 is 2.56 bits per heavy atom. The topological polar surface area (TPSA) is 98.5 Å². The summed E-state index contributed by atoms with van der Waals surface area (Å²) in [5, 5.41) is 13.0. The lowest BCUT2D eigenvalue weighted by Gasteiger charge is -2.09. The third-order valence-corrected chi connectivity index (χ3v) is 3.37. The van der Waals surface area contributed by atoms with Gasteiger partial charge in [-0.15, -0.1) is 0 Å². The first-order chi connectivity index (χ1) is 11.8. The van der Waals surface area contributed by atoms with Gasteiger partial charge in [-0.2, -0.15) is 0 Å². The number of nitrogens with one attached hydrogen (secondary N) is 1. The van der Waals surface area contributed by atoms with Gasteiger partial charge in [-0.3, -0.25) is 19.7 Å². The van der Waals surface area contributed by atoms with E-state index in [0.29, 0.717) is 0 Å². The van der Waals surface area contributed by atoms with Gasteiger partial charge in [-0.05, 0) is 24.3 Å². The number of hydrogen-bond acceptors (Lipinski definition) is 5. The number of nitro benzene ring substituents is 1. The molecule has 0 saturated carbocycles. The second kappa shape index (κ2) is 7.71. The molecular formula is C16H12ClFN2O5. The maximum absolute atomic E-state index is 14.0. The van der Waals surface area contributed by atoms with Crippen LogP contribution in [0, 0.1) is 15.9 Å². The molecule has 0 radical (unpaired) electrons. The molecule has 0 atom stereocenters. The van der Waals surface area contributed by atoms with Crippen LogP contribution in [0.4, 0.5) is 15.8 Å². The summed E-state index contributed by atoms with van der Waals surface area (Å²) in [6.07, 6.45) is 0. The van der Waals surface area contributed by atoms with Gasteiger partial charge in [0, 0.05) is 24.7 Å². The standard InChI is InChI=1S/C16H12ClFN2O5/c1-9(21)19-10-2-4-12(14(18)6-10)15(22)8-25-16-5-3-11(20(23)24)7-13(16)17/h2-7H,8H2,1H3,(H,19,21). The van der Waals surface area contributed by atoms with Gasteiger partial charge in [0.15, 0.2) is 6.61 Å². The van der Waals surface area contributed by atoms with E-state index in [4.69, 9.17) is 16.3 Å². The quantitative estimate of drug-likeness (QED) is 0.478. The Balaban J connectivity index is 2.07. The summed E-state index contributed by atoms with van der Waals surface area (Å²) in [4.78, 5) is 33.0. The van der Waals surface area contributed by atoms with Gasteiger partial charge in [0.1, 0.15) is 11.6 Å². The number of ketones is 1. The molecule has 0 aromatic heterocycles. The average Bonchev–Trinajstić information content (AvgIpc) is 2.52. The molecule has 1 N–H and O–H groups in total. The zero-order valence-corrected chi connectivity index (χ0v) is 13.7. The second-order valence-electron chi connectivity index (χ2n) is 4.96. The minimum Gasteiger partial charge on any atom is -0.484 e. The molecule has 2 rings (SSSR count). The summed E-state index contributed by atoms with van der Waals surface area (Å²) in [6.45, 7) is 0.771. The van der Waals surface area contributed by atoms with Gasteiger partial charge < -0.3 is 10.1 Å². The number of non-ortho nitro benzene ring substituents is 1. The first-order valence-corrected chi connectivity index (χ1v) is 7.33. The number of benzene rings is 2. The number of nitrogens with zero attached hydrogens (tertiary/aromatic N) is 1. The summed E-state index contributed by atoms with van der Waals surface area (Å²) in [5.74, 6) is -1.76. The molecule has 0 aliphatic rings. The Bertz CT molecular complexity index is 856. The smallest absolute Gasteiger partial charge is 0.271 e. The van der Waals surface area contributed by atoms with Crippen LogP contribution in [-0.4, -0.2) is 23.2 Å². The van der Waals surface area contributed by atoms with Crippen LogP contribution in [0.3, 0.4) is 0 Å². The molecule has 0 aliphatic carbocycles. The molecule has 0 fully saturated rings. The zero-order chi connectivity index (χ0) is 18.6. The number of rotatable bonds is 6. The van der Waals surface area contributed by atoms with Gasteiger partial charge in [0.25, 0.3) is 5.69 Å². The normalized spacial score (nSPS) is 10.2. The van der Waals surface area contributed by atoms with Gasteiger partial charge in [0.2, 0.25) is 11.7 Å². The number of carbonyl (C=O) groups is 2. The van der Waals surface area contributed by atoms with E-state index in [9.17, 15) is 24.1 Å². The van der Waals surface area contributed by atoms with Gasteiger partial charge in [-0.25, -0.2) is 4.39 Å². The molecule has 25 heavy (non-hydrogen) atoms. The van der Waals surface area contributed by atoms with Crippen LogP contribution in [0.2, 0.25) is 5.02 Å². The predicted octanol–water partition coefficient (Wildman–Crippen LogP) is 3.61. The Morgan fingerprint density at radius 1 is 1.28 bits per heavy atom. The first kappa shape index (κ1) is 18.3. The molecule has 0 bridgehead atoms. The SMILES string of the molecule is CC(=O)Nc1ccc(C(=O)COc2ccc([N+](=O)[O-])cc2Cl)c(F)c1. The number of halogens is 2. The number of nitro groups is 1. The van der Waals surface area contributed by atoms with E-state index >= 15 is 0 Å². The monoisotopic (exact) mass is 366 g/mol. The summed E-state index contributed by atoms with van der Waals surface area (Å²) in [6, 6.07) is 7.15. The molecule has 0 heterocycles. The molecule has 0 unspecified atom stereocenters. The summed E-state index contributed by atoms with van der Waals surface area (Å²) in [5.41, 5.74) is -0.212. The van der Waals surface area contributed by atoms with Gasteiger partial charge >= 0.3 is 0 Å². The summed E-state index contributed by atoms with van der Waals surface area (Å²) in [7, 11) is 0. The van der Waals surface area contributed by atoms with Crippen molar-refractivity contribution in [3.8, 4) is 5.75 Å². The van der Waals surface area contributed by atoms with Crippen molar-refractivity contribution in [3.05, 3.63) is 62.9 Å². The van der Waals surface area contributed by atoms with Crippen LogP contribution >= 0.6 is 11.6 Å². The second-order valence-corrected chi connectivity index (χ2v) is 5.37. The molecule has 0 saturated heterocycles. The van der Waals surface area contributed by atoms with Crippen molar-refractivity contribution < 1.29 is 23.6 Å². The molecule has 9 heteroatoms. The van der Waals surface area contributed by atoms with Crippen LogP contribution in [0.25, 0.3) is 0 Å². The summed E-state index contributed by atoms with van der Waals surface area (Å²) < 4.78 is 19.2. The van der Waals surface area contributed by atoms with Gasteiger partial charge in [0.05, 0.1) is 15.5 Å². The minimum atomic E-state index is -0.811. The van der Waals surface area contributed by atoms with E-state index in [1.165, 1.54) is 31.2 Å². The van der Waals surface area contributed by atoms with E-state index in [1.807, 2.05) is 0 Å². The molecule has 1 amide bonds. The van der Waals surface area contributed by atoms with Crippen molar-refractivity contribution in [2.75, 3.05) is 11.9 Å². The summed E-state index contributed by atoms with van der Waals surface area (Å²) >= 11 is 5.85. The molecular weight excluding hydrogens is 355 g/mol. The first-order valence-electron chi connectivity index (χ1n) is 6.95. The van der Waals surface area contributed by atoms with Crippen LogP contribution < -0.4 is 10.1 Å². The van der Waals surface area contributed by atoms with E-state index < -0.39 is 23.1 Å². The zero-order valence-electron chi connectivity index (χ0n) is 12.9. The van der Waals surface area contributed by atoms with Crippen LogP contribution in [0.15, 0.2) is 36.4 Å². The molecule has 2 aromatic carbocycles. The molecule has 0 spiro atoms. The van der Waals surface area contributed by atoms with Crippen molar-refractivity contribution in [3.63, 3.8) is 0 Å². The van der Waals surface area contributed by atoms with E-state index in [-0.39, 0.29) is 33.6 Å². The molecule has 2 aromatic rings. The lowest BCUT2D eigenvalue weighted by Crippen LogP contribution is -2.14. The fourth-order valence-electron chi connectivity index (χ4n) is 1.96. The maximum Gasteiger partial charge on any atom is 0.271 e. The number of hydrogen-bond donors (Lipinski definition) is 1. The highest BCUT2D eigenvalue weighted by Crippen LogP contribution is 2.28. The number of amides is 1. The number of anilines is 1. The Labute approximate surface area is 146 Å². The molecule has 130 valence electrons. The lowest BCUT2D eigenvalue weighted by molar-refractivity contribution is -0.384. The highest BCUT2D eigenvalue weighted by atomic mass is 35.5. The number of ether oxygens (including phenoxy) is 1. The predicted molar refractivity (Wildman–Crippen MR) is 88.6 cm³/mol. The lowest BCUT2D eigenvalue weighted by atomic mass is 10.1. The largest absolute Gasteiger partial charge is 0.484 e. The maximum atomic E-state index is 14.0. The third kappa shape index (κ3) is 4.74. The van der Waals surface area contributed by atoms with Crippen LogP contribution in [0.5, 0.6) is 5.75 Å². The van der Waals surface area contributed by atoms with E-state index in [2.05, 4.69) is 5.32 Å². The fraction of sp³-hybridized carbons (Fsp3) is 0.125. The Morgan fingerprint density at radius 2 is 2.00 bits per heavy atom. The van der Waals surface area contributed by atoms with E-state index in [0.717, 1.165) is 12.1 Å². The highest BCUT2D eigenvalue weighted by Gasteiger charge is 2.15. The minimum absolute atomic E-state index is 0.0384. The third-order valence-electron chi connectivity index (χ3n) is 3.07. The number of Topliss-reactive ketones (excluding diaryl/α,β-unsaturated/α-hetero) is 1. The van der Waals surface area contributed by atoms with Crippen molar-refractivity contribution >= 4 is 34.7 Å². The highest BCUT2D eigenvalue weighted by molar-refractivity contribution is 6.32. The van der Waals surface area contributed by atoms with Crippen molar-refractivity contribution in [2.45, 2.75) is 6.92 Å². The molecule has 7 nitrogen and oxygen atoms in total. The fourth-order valence-corrected chi connectivity index (χ4v) is 2.19. The van der Waals surface area contributed by atoms with Crippen molar-refractivity contribution in [1.82, 2.24) is 0 Å². The van der Waals surface area contributed by atoms with Gasteiger partial charge in [-0.1, -0.05) is 11.6 Å². The van der Waals surface area contributed by atoms with E-state index in [1.54, 1.807) is 0 Å². The molecule has 0 aliphatic heterocycles. The van der Waals surface area contributed by atoms with Crippen molar-refractivity contribution in [1.29, 1.82) is 0 Å².